The maximum Gasteiger partial charge on any atom is 0.339 e. The first-order valence-corrected chi connectivity index (χ1v) is 12.8. The van der Waals surface area contributed by atoms with E-state index in [1.54, 1.807) is 66.6 Å². The Morgan fingerprint density at radius 2 is 1.68 bits per heavy atom. The van der Waals surface area contributed by atoms with Gasteiger partial charge in [-0.25, -0.2) is 9.59 Å². The lowest BCUT2D eigenvalue weighted by molar-refractivity contribution is -0.131. The maximum atomic E-state index is 13.5. The van der Waals surface area contributed by atoms with Gasteiger partial charge >= 0.3 is 12.0 Å². The van der Waals surface area contributed by atoms with Crippen LogP contribution in [-0.4, -0.2) is 61.9 Å². The number of carboxylic acid groups (broad SMARTS) is 1. The van der Waals surface area contributed by atoms with Crippen LogP contribution < -0.4 is 20.1 Å². The Morgan fingerprint density at radius 3 is 2.35 bits per heavy atom. The minimum Gasteiger partial charge on any atom is -0.496 e. The molecule has 0 radical (unpaired) electrons. The van der Waals surface area contributed by atoms with Crippen LogP contribution >= 0.6 is 11.6 Å². The van der Waals surface area contributed by atoms with E-state index in [0.29, 0.717) is 40.7 Å². The van der Waals surface area contributed by atoms with Crippen molar-refractivity contribution >= 4 is 40.9 Å². The lowest BCUT2D eigenvalue weighted by Gasteiger charge is -2.25. The van der Waals surface area contributed by atoms with Gasteiger partial charge in [-0.1, -0.05) is 35.9 Å². The molecule has 40 heavy (non-hydrogen) atoms. The first-order valence-electron chi connectivity index (χ1n) is 12.5. The van der Waals surface area contributed by atoms with E-state index in [1.807, 2.05) is 0 Å². The van der Waals surface area contributed by atoms with Crippen LogP contribution in [0.2, 0.25) is 5.02 Å². The summed E-state index contributed by atoms with van der Waals surface area (Å²) in [6.07, 6.45) is 0.474. The second kappa shape index (κ2) is 12.7. The highest BCUT2D eigenvalue weighted by atomic mass is 35.5. The average molecular weight is 568 g/mol. The molecule has 1 saturated heterocycles. The van der Waals surface area contributed by atoms with Gasteiger partial charge in [0.15, 0.2) is 0 Å². The molecule has 3 aromatic rings. The van der Waals surface area contributed by atoms with Gasteiger partial charge in [0.2, 0.25) is 5.91 Å². The molecular formula is C29H30ClN3O7. The topological polar surface area (TPSA) is 126 Å². The number of anilines is 2. The number of carboxylic acids is 1. The number of aromatic carboxylic acids is 1. The zero-order valence-corrected chi connectivity index (χ0v) is 23.0. The number of carbonyl (C=O) groups excluding carboxylic acids is 2. The van der Waals surface area contributed by atoms with Crippen LogP contribution in [0.1, 0.15) is 33.9 Å². The van der Waals surface area contributed by atoms with E-state index >= 15 is 0 Å². The van der Waals surface area contributed by atoms with Crippen LogP contribution in [-0.2, 0) is 16.0 Å². The number of hydrogen-bond donors (Lipinski definition) is 3. The number of para-hydroxylation sites is 1. The molecule has 4 rings (SSSR count). The number of ether oxygens (including phenoxy) is 3. The van der Waals surface area contributed by atoms with Gasteiger partial charge in [-0.05, 0) is 53.9 Å². The van der Waals surface area contributed by atoms with Gasteiger partial charge in [0, 0.05) is 13.7 Å². The molecule has 0 aliphatic carbocycles. The van der Waals surface area contributed by atoms with E-state index < -0.39 is 12.0 Å². The Bertz CT molecular complexity index is 1410. The summed E-state index contributed by atoms with van der Waals surface area (Å²) < 4.78 is 16.3. The molecule has 3 aromatic carbocycles. The molecule has 210 valence electrons. The largest absolute Gasteiger partial charge is 0.496 e. The van der Waals surface area contributed by atoms with Gasteiger partial charge in [0.05, 0.1) is 49.2 Å². The number of amides is 3. The average Bonchev–Trinajstić information content (AvgIpc) is 3.39. The third kappa shape index (κ3) is 6.47. The number of likely N-dealkylation sites (tertiary alicyclic amines) is 1. The molecule has 3 amide bonds. The molecule has 2 atom stereocenters. The molecule has 0 unspecified atom stereocenters. The van der Waals surface area contributed by atoms with Crippen molar-refractivity contribution in [2.45, 2.75) is 25.0 Å². The number of rotatable bonds is 9. The number of carbonyl (C=O) groups is 3. The fourth-order valence-electron chi connectivity index (χ4n) is 4.72. The summed E-state index contributed by atoms with van der Waals surface area (Å²) >= 11 is 6.11. The van der Waals surface area contributed by atoms with Crippen molar-refractivity contribution < 1.29 is 33.7 Å². The van der Waals surface area contributed by atoms with Gasteiger partial charge < -0.3 is 34.9 Å². The molecule has 1 aliphatic heterocycles. The van der Waals surface area contributed by atoms with E-state index in [-0.39, 0.29) is 35.8 Å². The van der Waals surface area contributed by atoms with E-state index in [9.17, 15) is 19.5 Å². The van der Waals surface area contributed by atoms with Gasteiger partial charge in [0.25, 0.3) is 0 Å². The zero-order chi connectivity index (χ0) is 28.8. The predicted octanol–water partition coefficient (Wildman–Crippen LogP) is 5.23. The van der Waals surface area contributed by atoms with Crippen LogP contribution in [0.5, 0.6) is 11.5 Å². The Balaban J connectivity index is 1.49. The Morgan fingerprint density at radius 1 is 0.950 bits per heavy atom. The molecule has 0 saturated carbocycles. The Labute approximate surface area is 236 Å². The molecule has 0 spiro atoms. The number of halogens is 1. The predicted molar refractivity (Wildman–Crippen MR) is 151 cm³/mol. The monoisotopic (exact) mass is 567 g/mol. The molecular weight excluding hydrogens is 538 g/mol. The normalized spacial score (nSPS) is 16.4. The fourth-order valence-corrected chi connectivity index (χ4v) is 4.90. The van der Waals surface area contributed by atoms with E-state index in [2.05, 4.69) is 10.6 Å². The van der Waals surface area contributed by atoms with Gasteiger partial charge in [-0.15, -0.1) is 0 Å². The van der Waals surface area contributed by atoms with Crippen LogP contribution in [0, 0.1) is 0 Å². The minimum atomic E-state index is -1.09. The number of hydrogen-bond acceptors (Lipinski definition) is 6. The van der Waals surface area contributed by atoms with Crippen LogP contribution in [0.15, 0.2) is 60.7 Å². The standard InChI is InChI=1S/C29H30ClN3O7/c1-38-19-15-24(18-9-10-20(28(35)36)25(14-18)39-2)33(16-19)27(34)13-17-8-11-23(26(12-17)40-3)32-29(37)31-22-7-5-4-6-21(22)30/h4-12,14,19,24H,13,15-16H2,1-3H3,(H,35,36)(H2,31,32,37)/t19-,24-/m0/s1. The molecule has 1 fully saturated rings. The third-order valence-electron chi connectivity index (χ3n) is 6.75. The summed E-state index contributed by atoms with van der Waals surface area (Å²) in [5, 5.41) is 15.3. The number of nitrogens with one attached hydrogen (secondary N) is 2. The van der Waals surface area contributed by atoms with Crippen molar-refractivity contribution in [1.29, 1.82) is 0 Å². The summed E-state index contributed by atoms with van der Waals surface area (Å²) in [6, 6.07) is 16.0. The second-order valence-electron chi connectivity index (χ2n) is 9.19. The fraction of sp³-hybridized carbons (Fsp3) is 0.276. The van der Waals surface area contributed by atoms with Gasteiger partial charge in [-0.2, -0.15) is 0 Å². The molecule has 1 aliphatic rings. The first kappa shape index (κ1) is 28.7. The Kier molecular flexibility index (Phi) is 9.13. The lowest BCUT2D eigenvalue weighted by Crippen LogP contribution is -2.33. The molecule has 0 aromatic heterocycles. The molecule has 10 nitrogen and oxygen atoms in total. The van der Waals surface area contributed by atoms with Crippen LogP contribution in [0.4, 0.5) is 16.2 Å². The number of methoxy groups -OCH3 is 3. The Hall–Kier alpha value is -4.28. The van der Waals surface area contributed by atoms with Crippen molar-refractivity contribution in [1.82, 2.24) is 4.90 Å². The molecule has 0 bridgehead atoms. The van der Waals surface area contributed by atoms with Crippen molar-refractivity contribution in [2.24, 2.45) is 0 Å². The third-order valence-corrected chi connectivity index (χ3v) is 7.08. The molecule has 11 heteroatoms. The van der Waals surface area contributed by atoms with Crippen LogP contribution in [0.25, 0.3) is 0 Å². The summed E-state index contributed by atoms with van der Waals surface area (Å²) in [6.45, 7) is 0.391. The van der Waals surface area contributed by atoms with Crippen molar-refractivity contribution in [3.05, 3.63) is 82.4 Å². The number of nitrogens with zero attached hydrogens (tertiary/aromatic N) is 1. The summed E-state index contributed by atoms with van der Waals surface area (Å²) in [7, 11) is 4.49. The number of urea groups is 1. The zero-order valence-electron chi connectivity index (χ0n) is 22.3. The van der Waals surface area contributed by atoms with Crippen molar-refractivity contribution in [3.8, 4) is 11.5 Å². The first-order chi connectivity index (χ1) is 19.2. The summed E-state index contributed by atoms with van der Waals surface area (Å²) in [5.74, 6) is -0.609. The summed E-state index contributed by atoms with van der Waals surface area (Å²) in [4.78, 5) is 39.3. The van der Waals surface area contributed by atoms with Gasteiger partial charge in [0.1, 0.15) is 17.1 Å². The van der Waals surface area contributed by atoms with Gasteiger partial charge in [-0.3, -0.25) is 4.79 Å². The van der Waals surface area contributed by atoms with Crippen molar-refractivity contribution in [3.63, 3.8) is 0 Å². The highest BCUT2D eigenvalue weighted by Gasteiger charge is 2.36. The quantitative estimate of drug-likeness (QED) is 0.323. The molecule has 1 heterocycles. The SMILES string of the molecule is COc1cc(CC(=O)N2C[C@@H](OC)C[C@H]2c2ccc(C(=O)O)c(OC)c2)ccc1NC(=O)Nc1ccccc1Cl. The van der Waals surface area contributed by atoms with Crippen molar-refractivity contribution in [2.75, 3.05) is 38.5 Å². The van der Waals surface area contributed by atoms with Crippen LogP contribution in [0.3, 0.4) is 0 Å². The number of benzene rings is 3. The second-order valence-corrected chi connectivity index (χ2v) is 9.60. The highest BCUT2D eigenvalue weighted by Crippen LogP contribution is 2.36. The van der Waals surface area contributed by atoms with E-state index in [1.165, 1.54) is 20.3 Å². The summed E-state index contributed by atoms with van der Waals surface area (Å²) in [5.41, 5.74) is 2.39. The van der Waals surface area contributed by atoms with E-state index in [4.69, 9.17) is 25.8 Å². The lowest BCUT2D eigenvalue weighted by atomic mass is 10.0. The molecule has 3 N–H and O–H groups in total. The highest BCUT2D eigenvalue weighted by molar-refractivity contribution is 6.33. The maximum absolute atomic E-state index is 13.5. The van der Waals surface area contributed by atoms with E-state index in [0.717, 1.165) is 5.56 Å². The minimum absolute atomic E-state index is 0.0479. The smallest absolute Gasteiger partial charge is 0.339 e.